The van der Waals surface area contributed by atoms with Crippen LogP contribution in [-0.2, 0) is 11.2 Å². The standard InChI is InChI=1S/C24H36BN5O3/c1-25(32)30-7-3-4-21(30)20-17-19(24(31)29-10-8-27(2)9-11-29)16-18-5-6-22(26-23(18)20)28-12-14-33-15-13-28/h16-17,21,32H,3-15H2,1-2H3. The summed E-state index contributed by atoms with van der Waals surface area (Å²) in [6.45, 7) is 9.32. The van der Waals surface area contributed by atoms with Gasteiger partial charge in [-0.05, 0) is 62.9 Å². The molecule has 5 rings (SSSR count). The van der Waals surface area contributed by atoms with Gasteiger partial charge in [-0.2, -0.15) is 0 Å². The summed E-state index contributed by atoms with van der Waals surface area (Å²) in [4.78, 5) is 27.4. The molecule has 9 heteroatoms. The number of amides is 1. The van der Waals surface area contributed by atoms with Crippen molar-refractivity contribution in [1.82, 2.24) is 19.5 Å². The van der Waals surface area contributed by atoms with E-state index in [1.54, 1.807) is 0 Å². The van der Waals surface area contributed by atoms with E-state index in [-0.39, 0.29) is 11.9 Å². The van der Waals surface area contributed by atoms with E-state index in [9.17, 15) is 9.82 Å². The molecule has 0 bridgehead atoms. The molecule has 0 aliphatic carbocycles. The van der Waals surface area contributed by atoms with Gasteiger partial charge < -0.3 is 29.3 Å². The van der Waals surface area contributed by atoms with Crippen LogP contribution in [-0.4, -0.2) is 109 Å². The van der Waals surface area contributed by atoms with E-state index in [0.717, 1.165) is 107 Å². The number of aryl methyl sites for hydroxylation is 1. The predicted molar refractivity (Wildman–Crippen MR) is 130 cm³/mol. The molecule has 1 aromatic carbocycles. The molecule has 4 heterocycles. The highest BCUT2D eigenvalue weighted by Crippen LogP contribution is 2.42. The number of nitrogens with zero attached hydrogens (tertiary/aromatic N) is 5. The minimum atomic E-state index is -0.517. The number of rotatable bonds is 3. The molecule has 178 valence electrons. The molecule has 0 saturated carbocycles. The quantitative estimate of drug-likeness (QED) is 0.702. The Morgan fingerprint density at radius 1 is 1.09 bits per heavy atom. The maximum Gasteiger partial charge on any atom is 0.376 e. The van der Waals surface area contributed by atoms with Crippen LogP contribution in [0.5, 0.6) is 0 Å². The average molecular weight is 453 g/mol. The second-order valence-electron chi connectivity index (χ2n) is 9.82. The maximum absolute atomic E-state index is 13.5. The zero-order chi connectivity index (χ0) is 22.9. The topological polar surface area (TPSA) is 71.9 Å². The Balaban J connectivity index is 1.52. The molecule has 1 amide bonds. The summed E-state index contributed by atoms with van der Waals surface area (Å²) in [5.41, 5.74) is 4.07. The lowest BCUT2D eigenvalue weighted by Crippen LogP contribution is -2.47. The number of hydrogen-bond donors (Lipinski definition) is 1. The third-order valence-electron chi connectivity index (χ3n) is 7.62. The van der Waals surface area contributed by atoms with Crippen LogP contribution in [0.15, 0.2) is 17.1 Å². The van der Waals surface area contributed by atoms with Crippen molar-refractivity contribution in [3.8, 4) is 0 Å². The summed E-state index contributed by atoms with van der Waals surface area (Å²) < 4.78 is 5.54. The van der Waals surface area contributed by atoms with E-state index < -0.39 is 7.05 Å². The highest BCUT2D eigenvalue weighted by molar-refractivity contribution is 6.45. The lowest BCUT2D eigenvalue weighted by atomic mass is 9.82. The van der Waals surface area contributed by atoms with Gasteiger partial charge in [0.15, 0.2) is 0 Å². The Kier molecular flexibility index (Phi) is 6.74. The Morgan fingerprint density at radius 3 is 2.58 bits per heavy atom. The number of aliphatic imine (C=N–C) groups is 1. The Labute approximate surface area is 197 Å². The van der Waals surface area contributed by atoms with Gasteiger partial charge in [0.1, 0.15) is 5.84 Å². The Bertz CT molecular complexity index is 910. The molecule has 0 aromatic heterocycles. The van der Waals surface area contributed by atoms with E-state index in [0.29, 0.717) is 0 Å². The molecular formula is C24H36BN5O3. The number of carbonyl (C=O) groups excluding carboxylic acids is 1. The molecule has 4 aliphatic rings. The molecule has 0 radical (unpaired) electrons. The van der Waals surface area contributed by atoms with Crippen LogP contribution in [0.4, 0.5) is 5.69 Å². The highest BCUT2D eigenvalue weighted by Gasteiger charge is 2.35. The van der Waals surface area contributed by atoms with Crippen molar-refractivity contribution in [2.75, 3.05) is 66.1 Å². The zero-order valence-corrected chi connectivity index (χ0v) is 20.0. The number of piperazine rings is 1. The van der Waals surface area contributed by atoms with E-state index in [1.807, 2.05) is 11.7 Å². The van der Waals surface area contributed by atoms with Gasteiger partial charge in [-0.3, -0.25) is 4.79 Å². The van der Waals surface area contributed by atoms with Crippen molar-refractivity contribution in [2.24, 2.45) is 4.99 Å². The Morgan fingerprint density at radius 2 is 1.85 bits per heavy atom. The number of carbonyl (C=O) groups is 1. The summed E-state index contributed by atoms with van der Waals surface area (Å²) >= 11 is 0. The van der Waals surface area contributed by atoms with Crippen LogP contribution in [0.3, 0.4) is 0 Å². The van der Waals surface area contributed by atoms with E-state index in [4.69, 9.17) is 9.73 Å². The minimum Gasteiger partial charge on any atom is -0.437 e. The number of amidine groups is 1. The van der Waals surface area contributed by atoms with Gasteiger partial charge in [-0.25, -0.2) is 4.99 Å². The van der Waals surface area contributed by atoms with Crippen LogP contribution in [0.25, 0.3) is 0 Å². The van der Waals surface area contributed by atoms with Crippen molar-refractivity contribution in [2.45, 2.75) is 38.5 Å². The van der Waals surface area contributed by atoms with Crippen molar-refractivity contribution >= 4 is 24.5 Å². The predicted octanol–water partition coefficient (Wildman–Crippen LogP) is 1.63. The first-order valence-electron chi connectivity index (χ1n) is 12.5. The minimum absolute atomic E-state index is 0.0896. The average Bonchev–Trinajstić information content (AvgIpc) is 3.34. The van der Waals surface area contributed by atoms with Gasteiger partial charge in [0.25, 0.3) is 5.91 Å². The fraction of sp³-hybridized carbons (Fsp3) is 0.667. The van der Waals surface area contributed by atoms with Crippen molar-refractivity contribution in [3.05, 3.63) is 28.8 Å². The van der Waals surface area contributed by atoms with Crippen molar-refractivity contribution in [1.29, 1.82) is 0 Å². The lowest BCUT2D eigenvalue weighted by molar-refractivity contribution is 0.0662. The number of hydrogen-bond acceptors (Lipinski definition) is 7. The molecule has 1 unspecified atom stereocenters. The zero-order valence-electron chi connectivity index (χ0n) is 20.0. The lowest BCUT2D eigenvalue weighted by Gasteiger charge is -2.35. The molecule has 0 spiro atoms. The number of fused-ring (bicyclic) bond motifs is 1. The second-order valence-corrected chi connectivity index (χ2v) is 9.82. The SMILES string of the molecule is CB(O)N1CCCC1c1cc(C(=O)N2CCN(C)CC2)cc2c1N=C(N1CCOCC1)CC2. The van der Waals surface area contributed by atoms with Gasteiger partial charge in [0.05, 0.1) is 18.9 Å². The van der Waals surface area contributed by atoms with Gasteiger partial charge in [0, 0.05) is 57.3 Å². The molecule has 8 nitrogen and oxygen atoms in total. The first kappa shape index (κ1) is 22.8. The van der Waals surface area contributed by atoms with E-state index >= 15 is 0 Å². The number of morpholine rings is 1. The monoisotopic (exact) mass is 453 g/mol. The molecule has 1 atom stereocenters. The first-order chi connectivity index (χ1) is 16.0. The van der Waals surface area contributed by atoms with Crippen molar-refractivity contribution < 1.29 is 14.6 Å². The number of ether oxygens (including phenoxy) is 1. The largest absolute Gasteiger partial charge is 0.437 e. The summed E-state index contributed by atoms with van der Waals surface area (Å²) in [5.74, 6) is 1.25. The third-order valence-corrected chi connectivity index (χ3v) is 7.62. The summed E-state index contributed by atoms with van der Waals surface area (Å²) in [6.07, 6.45) is 3.81. The molecule has 4 aliphatic heterocycles. The summed E-state index contributed by atoms with van der Waals surface area (Å²) in [5, 5.41) is 10.4. The van der Waals surface area contributed by atoms with Gasteiger partial charge >= 0.3 is 7.05 Å². The van der Waals surface area contributed by atoms with Crippen LogP contribution < -0.4 is 0 Å². The Hall–Kier alpha value is -1.94. The normalized spacial score (nSPS) is 24.6. The first-order valence-corrected chi connectivity index (χ1v) is 12.5. The van der Waals surface area contributed by atoms with E-state index in [1.165, 1.54) is 5.56 Å². The van der Waals surface area contributed by atoms with Crippen LogP contribution >= 0.6 is 0 Å². The molecule has 3 saturated heterocycles. The number of benzene rings is 1. The molecule has 3 fully saturated rings. The number of likely N-dealkylation sites (N-methyl/N-ethyl adjacent to an activating group) is 1. The van der Waals surface area contributed by atoms with Crippen LogP contribution in [0.1, 0.15) is 46.8 Å². The molecule has 33 heavy (non-hydrogen) atoms. The van der Waals surface area contributed by atoms with Gasteiger partial charge in [-0.1, -0.05) is 0 Å². The van der Waals surface area contributed by atoms with Crippen molar-refractivity contribution in [3.63, 3.8) is 0 Å². The highest BCUT2D eigenvalue weighted by atomic mass is 16.5. The summed E-state index contributed by atoms with van der Waals surface area (Å²) in [7, 11) is 1.59. The van der Waals surface area contributed by atoms with Gasteiger partial charge in [0.2, 0.25) is 0 Å². The molecular weight excluding hydrogens is 417 g/mol. The summed E-state index contributed by atoms with van der Waals surface area (Å²) in [6, 6.07) is 4.25. The fourth-order valence-corrected chi connectivity index (χ4v) is 5.67. The third kappa shape index (κ3) is 4.69. The smallest absolute Gasteiger partial charge is 0.376 e. The van der Waals surface area contributed by atoms with E-state index in [2.05, 4.69) is 33.8 Å². The molecule has 1 aromatic rings. The second kappa shape index (κ2) is 9.74. The van der Waals surface area contributed by atoms with Crippen LogP contribution in [0.2, 0.25) is 6.82 Å². The maximum atomic E-state index is 13.5. The van der Waals surface area contributed by atoms with Gasteiger partial charge in [-0.15, -0.1) is 0 Å². The van der Waals surface area contributed by atoms with Crippen LogP contribution in [0, 0.1) is 0 Å². The fourth-order valence-electron chi connectivity index (χ4n) is 5.67. The molecule has 1 N–H and O–H groups in total.